The molecule has 0 saturated heterocycles. The number of carboxylic acids is 1. The Kier molecular flexibility index (Phi) is 6.41. The standard InChI is InChI=1S/C13H16F2N2O3S/c1-3-9(11(18)19)17(2)13(20)16-8-6-4-5-7-10(8)21-12(14)15/h4-7,9,12H,3H2,1-2H3,(H,16,20)(H,18,19). The van der Waals surface area contributed by atoms with E-state index in [1.807, 2.05) is 0 Å². The topological polar surface area (TPSA) is 69.6 Å². The molecule has 0 aliphatic rings. The van der Waals surface area contributed by atoms with Gasteiger partial charge < -0.3 is 15.3 Å². The van der Waals surface area contributed by atoms with Crippen molar-refractivity contribution in [2.75, 3.05) is 12.4 Å². The zero-order valence-electron chi connectivity index (χ0n) is 11.5. The lowest BCUT2D eigenvalue weighted by atomic mass is 10.2. The van der Waals surface area contributed by atoms with E-state index in [2.05, 4.69) is 5.32 Å². The van der Waals surface area contributed by atoms with Gasteiger partial charge in [-0.05, 0) is 18.6 Å². The van der Waals surface area contributed by atoms with Gasteiger partial charge in [0, 0.05) is 11.9 Å². The van der Waals surface area contributed by atoms with Crippen molar-refractivity contribution in [1.82, 2.24) is 4.90 Å². The van der Waals surface area contributed by atoms with Crippen molar-refractivity contribution < 1.29 is 23.5 Å². The Morgan fingerprint density at radius 1 is 1.38 bits per heavy atom. The summed E-state index contributed by atoms with van der Waals surface area (Å²) >= 11 is 0.316. The predicted molar refractivity (Wildman–Crippen MR) is 76.8 cm³/mol. The molecule has 0 aromatic heterocycles. The second-order valence-corrected chi connectivity index (χ2v) is 5.21. The number of para-hydroxylation sites is 1. The first-order valence-electron chi connectivity index (χ1n) is 6.17. The summed E-state index contributed by atoms with van der Waals surface area (Å²) in [5.41, 5.74) is 0.222. The highest BCUT2D eigenvalue weighted by Crippen LogP contribution is 2.31. The van der Waals surface area contributed by atoms with Crippen molar-refractivity contribution in [3.8, 4) is 0 Å². The van der Waals surface area contributed by atoms with Crippen LogP contribution < -0.4 is 5.32 Å². The summed E-state index contributed by atoms with van der Waals surface area (Å²) in [6.07, 6.45) is 0.243. The summed E-state index contributed by atoms with van der Waals surface area (Å²) in [5, 5.41) is 11.5. The van der Waals surface area contributed by atoms with Gasteiger partial charge in [0.1, 0.15) is 6.04 Å². The fourth-order valence-electron chi connectivity index (χ4n) is 1.73. The van der Waals surface area contributed by atoms with Crippen LogP contribution in [0.15, 0.2) is 29.2 Å². The van der Waals surface area contributed by atoms with Crippen LogP contribution in [0.2, 0.25) is 0 Å². The summed E-state index contributed by atoms with van der Waals surface area (Å²) < 4.78 is 24.9. The number of aliphatic carboxylic acids is 1. The second kappa shape index (κ2) is 7.82. The third-order valence-corrected chi connectivity index (χ3v) is 3.59. The van der Waals surface area contributed by atoms with Gasteiger partial charge in [0.2, 0.25) is 0 Å². The Balaban J connectivity index is 2.85. The number of benzene rings is 1. The maximum Gasteiger partial charge on any atom is 0.326 e. The van der Waals surface area contributed by atoms with Crippen molar-refractivity contribution in [1.29, 1.82) is 0 Å². The molecule has 0 fully saturated rings. The number of anilines is 1. The first-order valence-corrected chi connectivity index (χ1v) is 7.05. The van der Waals surface area contributed by atoms with E-state index >= 15 is 0 Å². The first kappa shape index (κ1) is 17.2. The number of carboxylic acid groups (broad SMARTS) is 1. The third kappa shape index (κ3) is 4.89. The van der Waals surface area contributed by atoms with Gasteiger partial charge in [-0.15, -0.1) is 0 Å². The Labute approximate surface area is 125 Å². The second-order valence-electron chi connectivity index (χ2n) is 4.18. The van der Waals surface area contributed by atoms with Gasteiger partial charge >= 0.3 is 12.0 Å². The molecule has 0 bridgehead atoms. The van der Waals surface area contributed by atoms with Gasteiger partial charge in [0.15, 0.2) is 0 Å². The first-order chi connectivity index (χ1) is 9.86. The molecular weight excluding hydrogens is 302 g/mol. The molecule has 0 spiro atoms. The van der Waals surface area contributed by atoms with E-state index in [0.717, 1.165) is 4.90 Å². The molecule has 1 aromatic carbocycles. The number of urea groups is 1. The maximum atomic E-state index is 12.4. The minimum atomic E-state index is -2.61. The molecule has 116 valence electrons. The molecule has 0 aliphatic carbocycles. The molecule has 0 saturated carbocycles. The number of rotatable bonds is 6. The molecule has 5 nitrogen and oxygen atoms in total. The van der Waals surface area contributed by atoms with Crippen LogP contribution in [0, 0.1) is 0 Å². The minimum absolute atomic E-state index is 0.220. The summed E-state index contributed by atoms with van der Waals surface area (Å²) in [5.74, 6) is -3.73. The van der Waals surface area contributed by atoms with Gasteiger partial charge in [-0.1, -0.05) is 30.8 Å². The molecule has 1 aromatic rings. The maximum absolute atomic E-state index is 12.4. The number of nitrogens with one attached hydrogen (secondary N) is 1. The van der Waals surface area contributed by atoms with Crippen molar-refractivity contribution in [3.05, 3.63) is 24.3 Å². The lowest BCUT2D eigenvalue weighted by molar-refractivity contribution is -0.141. The number of nitrogens with zero attached hydrogens (tertiary/aromatic N) is 1. The van der Waals surface area contributed by atoms with Gasteiger partial charge in [0.05, 0.1) is 5.69 Å². The van der Waals surface area contributed by atoms with Crippen molar-refractivity contribution in [3.63, 3.8) is 0 Å². The zero-order valence-corrected chi connectivity index (χ0v) is 12.4. The molecular formula is C13H16F2N2O3S. The van der Waals surface area contributed by atoms with E-state index in [1.165, 1.54) is 19.2 Å². The van der Waals surface area contributed by atoms with E-state index in [1.54, 1.807) is 19.1 Å². The smallest absolute Gasteiger partial charge is 0.326 e. The Morgan fingerprint density at radius 3 is 2.52 bits per heavy atom. The van der Waals surface area contributed by atoms with E-state index in [0.29, 0.717) is 11.8 Å². The molecule has 21 heavy (non-hydrogen) atoms. The Hall–Kier alpha value is -1.83. The normalized spacial score (nSPS) is 12.0. The van der Waals surface area contributed by atoms with Crippen LogP contribution in [0.3, 0.4) is 0 Å². The lowest BCUT2D eigenvalue weighted by Crippen LogP contribution is -2.44. The van der Waals surface area contributed by atoms with Crippen LogP contribution in [-0.4, -0.2) is 40.9 Å². The van der Waals surface area contributed by atoms with Crippen molar-refractivity contribution in [2.24, 2.45) is 0 Å². The fourth-order valence-corrected chi connectivity index (χ4v) is 2.32. The Bertz CT molecular complexity index is 514. The summed E-state index contributed by atoms with van der Waals surface area (Å²) in [6, 6.07) is 4.49. The largest absolute Gasteiger partial charge is 0.480 e. The van der Waals surface area contributed by atoms with Crippen molar-refractivity contribution >= 4 is 29.4 Å². The van der Waals surface area contributed by atoms with Crippen LogP contribution in [0.4, 0.5) is 19.3 Å². The number of hydrogen-bond donors (Lipinski definition) is 2. The number of thioether (sulfide) groups is 1. The zero-order chi connectivity index (χ0) is 16.0. The van der Waals surface area contributed by atoms with Crippen molar-refractivity contribution in [2.45, 2.75) is 30.0 Å². The van der Waals surface area contributed by atoms with Crippen LogP contribution in [0.1, 0.15) is 13.3 Å². The average Bonchev–Trinajstić information content (AvgIpc) is 2.40. The molecule has 8 heteroatoms. The van der Waals surface area contributed by atoms with Crippen LogP contribution in [-0.2, 0) is 4.79 Å². The van der Waals surface area contributed by atoms with Crippen LogP contribution in [0.25, 0.3) is 0 Å². The summed E-state index contributed by atoms with van der Waals surface area (Å²) in [6.45, 7) is 1.64. The summed E-state index contributed by atoms with van der Waals surface area (Å²) in [4.78, 5) is 24.3. The van der Waals surface area contributed by atoms with E-state index in [9.17, 15) is 18.4 Å². The van der Waals surface area contributed by atoms with Crippen LogP contribution >= 0.6 is 11.8 Å². The number of halogens is 2. The molecule has 0 radical (unpaired) electrons. The lowest BCUT2D eigenvalue weighted by Gasteiger charge is -2.24. The van der Waals surface area contributed by atoms with Gasteiger partial charge in [-0.25, -0.2) is 9.59 Å². The number of carbonyl (C=O) groups is 2. The summed E-state index contributed by atoms with van der Waals surface area (Å²) in [7, 11) is 1.35. The molecule has 1 unspecified atom stereocenters. The van der Waals surface area contributed by atoms with Gasteiger partial charge in [-0.2, -0.15) is 8.78 Å². The average molecular weight is 318 g/mol. The number of carbonyl (C=O) groups excluding carboxylic acids is 1. The number of alkyl halides is 2. The van der Waals surface area contributed by atoms with Gasteiger partial charge in [-0.3, -0.25) is 0 Å². The third-order valence-electron chi connectivity index (χ3n) is 2.80. The monoisotopic (exact) mass is 318 g/mol. The highest BCUT2D eigenvalue weighted by atomic mass is 32.2. The molecule has 1 rings (SSSR count). The fraction of sp³-hybridized carbons (Fsp3) is 0.385. The minimum Gasteiger partial charge on any atom is -0.480 e. The van der Waals surface area contributed by atoms with Crippen LogP contribution in [0.5, 0.6) is 0 Å². The van der Waals surface area contributed by atoms with Gasteiger partial charge in [0.25, 0.3) is 5.76 Å². The number of amides is 2. The predicted octanol–water partition coefficient (Wildman–Crippen LogP) is 3.33. The van der Waals surface area contributed by atoms with E-state index < -0.39 is 23.8 Å². The van der Waals surface area contributed by atoms with E-state index in [4.69, 9.17) is 5.11 Å². The molecule has 1 atom stereocenters. The number of likely N-dealkylation sites (N-methyl/N-ethyl adjacent to an activating group) is 1. The molecule has 0 heterocycles. The highest BCUT2D eigenvalue weighted by molar-refractivity contribution is 7.99. The molecule has 2 N–H and O–H groups in total. The van der Waals surface area contributed by atoms with E-state index in [-0.39, 0.29) is 17.0 Å². The SMILES string of the molecule is CCC(C(=O)O)N(C)C(=O)Nc1ccccc1SC(F)F. The quantitative estimate of drug-likeness (QED) is 0.789. The molecule has 2 amide bonds. The number of hydrogen-bond acceptors (Lipinski definition) is 3. The molecule has 0 aliphatic heterocycles. The Morgan fingerprint density at radius 2 is 2.00 bits per heavy atom. The highest BCUT2D eigenvalue weighted by Gasteiger charge is 2.25.